The average molecular weight is 376 g/mol. The van der Waals surface area contributed by atoms with Gasteiger partial charge in [-0.15, -0.1) is 26.3 Å². The predicted octanol–water partition coefficient (Wildman–Crippen LogP) is 3.79. The van der Waals surface area contributed by atoms with E-state index in [1.165, 1.54) is 22.5 Å². The van der Waals surface area contributed by atoms with Crippen LogP contribution < -0.4 is 0 Å². The number of piperidine rings is 1. The summed E-state index contributed by atoms with van der Waals surface area (Å²) in [5.74, 6) is 1.16. The molecule has 4 aromatic rings. The first-order chi connectivity index (χ1) is 13.3. The van der Waals surface area contributed by atoms with Gasteiger partial charge in [0.1, 0.15) is 6.67 Å². The van der Waals surface area contributed by atoms with Gasteiger partial charge in [0.05, 0.1) is 15.2 Å². The number of thiazole rings is 1. The van der Waals surface area contributed by atoms with E-state index in [0.717, 1.165) is 24.2 Å². The molecular formula is C20H20N6S. The van der Waals surface area contributed by atoms with Gasteiger partial charge in [0, 0.05) is 18.0 Å². The maximum absolute atomic E-state index is 4.86. The summed E-state index contributed by atoms with van der Waals surface area (Å²) in [6, 6.07) is 18.4. The van der Waals surface area contributed by atoms with Gasteiger partial charge in [0.2, 0.25) is 5.82 Å². The molecule has 1 atom stereocenters. The van der Waals surface area contributed by atoms with Crippen LogP contribution >= 0.6 is 11.3 Å². The van der Waals surface area contributed by atoms with Crippen molar-refractivity contribution >= 4 is 21.6 Å². The summed E-state index contributed by atoms with van der Waals surface area (Å²) in [4.78, 5) is 8.96. The lowest BCUT2D eigenvalue weighted by Gasteiger charge is -2.30. The van der Waals surface area contributed by atoms with E-state index in [-0.39, 0.29) is 0 Å². The zero-order valence-corrected chi connectivity index (χ0v) is 15.7. The van der Waals surface area contributed by atoms with Crippen LogP contribution in [0.15, 0.2) is 54.6 Å². The van der Waals surface area contributed by atoms with Crippen LogP contribution in [-0.2, 0) is 6.67 Å². The quantitative estimate of drug-likeness (QED) is 0.542. The lowest BCUT2D eigenvalue weighted by Crippen LogP contribution is -2.36. The minimum atomic E-state index is 0.480. The van der Waals surface area contributed by atoms with Crippen molar-refractivity contribution < 1.29 is 0 Å². The smallest absolute Gasteiger partial charge is 0.204 e. The summed E-state index contributed by atoms with van der Waals surface area (Å²) in [6.45, 7) is 2.72. The van der Waals surface area contributed by atoms with Gasteiger partial charge < -0.3 is 0 Å². The van der Waals surface area contributed by atoms with Gasteiger partial charge >= 0.3 is 0 Å². The van der Waals surface area contributed by atoms with Gasteiger partial charge in [0.15, 0.2) is 0 Å². The van der Waals surface area contributed by atoms with Crippen molar-refractivity contribution in [2.45, 2.75) is 25.4 Å². The van der Waals surface area contributed by atoms with Crippen molar-refractivity contribution in [2.24, 2.45) is 0 Å². The summed E-state index contributed by atoms with van der Waals surface area (Å²) in [5, 5.41) is 14.2. The highest BCUT2D eigenvalue weighted by Gasteiger charge is 2.24. The second-order valence-corrected chi connectivity index (χ2v) is 7.99. The molecule has 0 radical (unpaired) electrons. The number of aromatic nitrogens is 5. The molecule has 6 nitrogen and oxygen atoms in total. The molecule has 27 heavy (non-hydrogen) atoms. The van der Waals surface area contributed by atoms with Crippen molar-refractivity contribution in [3.8, 4) is 11.4 Å². The van der Waals surface area contributed by atoms with Crippen LogP contribution in [0.25, 0.3) is 21.6 Å². The van der Waals surface area contributed by atoms with Gasteiger partial charge in [-0.2, -0.15) is 0 Å². The van der Waals surface area contributed by atoms with E-state index in [9.17, 15) is 0 Å². The van der Waals surface area contributed by atoms with E-state index in [4.69, 9.17) is 4.98 Å². The topological polar surface area (TPSA) is 59.7 Å². The molecule has 0 saturated carbocycles. The second-order valence-electron chi connectivity index (χ2n) is 6.93. The molecule has 1 saturated heterocycles. The Morgan fingerprint density at radius 3 is 2.78 bits per heavy atom. The number of hydrogen-bond donors (Lipinski definition) is 0. The maximum atomic E-state index is 4.86. The van der Waals surface area contributed by atoms with Gasteiger partial charge in [-0.1, -0.05) is 42.5 Å². The largest absolute Gasteiger partial charge is 0.282 e. The Balaban J connectivity index is 1.29. The third kappa shape index (κ3) is 3.48. The predicted molar refractivity (Wildman–Crippen MR) is 106 cm³/mol. The first kappa shape index (κ1) is 16.5. The number of nitrogens with zero attached hydrogens (tertiary/aromatic N) is 6. The average Bonchev–Trinajstić information content (AvgIpc) is 3.36. The van der Waals surface area contributed by atoms with E-state index >= 15 is 0 Å². The molecular weight excluding hydrogens is 356 g/mol. The lowest BCUT2D eigenvalue weighted by atomic mass is 9.99. The zero-order valence-electron chi connectivity index (χ0n) is 14.9. The van der Waals surface area contributed by atoms with Crippen LogP contribution in [0, 0.1) is 0 Å². The van der Waals surface area contributed by atoms with Crippen molar-refractivity contribution in [3.63, 3.8) is 0 Å². The van der Waals surface area contributed by atoms with Crippen LogP contribution in [0.4, 0.5) is 0 Å². The molecule has 1 aliphatic rings. The minimum Gasteiger partial charge on any atom is -0.282 e. The molecule has 1 aliphatic heterocycles. The molecule has 136 valence electrons. The zero-order chi connectivity index (χ0) is 18.1. The molecule has 3 heterocycles. The fourth-order valence-corrected chi connectivity index (χ4v) is 4.73. The summed E-state index contributed by atoms with van der Waals surface area (Å²) in [5.41, 5.74) is 2.11. The van der Waals surface area contributed by atoms with Crippen LogP contribution in [0.3, 0.4) is 0 Å². The Bertz CT molecular complexity index is 1010. The van der Waals surface area contributed by atoms with Gasteiger partial charge in [-0.25, -0.2) is 4.98 Å². The molecule has 0 unspecified atom stereocenters. The monoisotopic (exact) mass is 376 g/mol. The Labute approximate surface area is 161 Å². The van der Waals surface area contributed by atoms with Gasteiger partial charge in [-0.3, -0.25) is 4.90 Å². The normalized spacial score (nSPS) is 18.1. The standard InChI is InChI=1S/C20H20N6S/c1-2-7-15(8-3-1)19-22-24-26(23-19)14-25-12-6-9-16(13-25)20-21-17-10-4-5-11-18(17)27-20/h1-5,7-8,10-11,16H,6,9,12-14H2/t16-/m0/s1. The highest BCUT2D eigenvalue weighted by Crippen LogP contribution is 2.33. The molecule has 0 amide bonds. The van der Waals surface area contributed by atoms with E-state index in [2.05, 4.69) is 44.6 Å². The number of rotatable bonds is 4. The molecule has 5 rings (SSSR count). The van der Waals surface area contributed by atoms with Gasteiger partial charge in [-0.05, 0) is 36.7 Å². The summed E-state index contributed by atoms with van der Waals surface area (Å²) in [6.07, 6.45) is 2.36. The molecule has 0 spiro atoms. The lowest BCUT2D eigenvalue weighted by molar-refractivity contribution is 0.147. The van der Waals surface area contributed by atoms with Crippen LogP contribution in [-0.4, -0.2) is 43.2 Å². The summed E-state index contributed by atoms with van der Waals surface area (Å²) < 4.78 is 1.27. The van der Waals surface area contributed by atoms with Crippen molar-refractivity contribution in [2.75, 3.05) is 13.1 Å². The molecule has 0 aliphatic carbocycles. The van der Waals surface area contributed by atoms with Crippen molar-refractivity contribution in [1.29, 1.82) is 0 Å². The number of hydrogen-bond acceptors (Lipinski definition) is 6. The fourth-order valence-electron chi connectivity index (χ4n) is 3.64. The Morgan fingerprint density at radius 1 is 1.04 bits per heavy atom. The van der Waals surface area contributed by atoms with Gasteiger partial charge in [0.25, 0.3) is 0 Å². The molecule has 7 heteroatoms. The highest BCUT2D eigenvalue weighted by atomic mass is 32.1. The Kier molecular flexibility index (Phi) is 4.39. The SMILES string of the molecule is c1ccc(-c2nnn(CN3CCC[C@H](c4nc5ccccc5s4)C3)n2)cc1. The maximum Gasteiger partial charge on any atom is 0.204 e. The van der Waals surface area contributed by atoms with E-state index in [1.807, 2.05) is 41.7 Å². The fraction of sp³-hybridized carbons (Fsp3) is 0.300. The van der Waals surface area contributed by atoms with Crippen LogP contribution in [0.1, 0.15) is 23.8 Å². The molecule has 1 fully saturated rings. The Morgan fingerprint density at radius 2 is 1.89 bits per heavy atom. The number of benzene rings is 2. The summed E-state index contributed by atoms with van der Waals surface area (Å²) in [7, 11) is 0. The number of para-hydroxylation sites is 1. The molecule has 2 aromatic heterocycles. The molecule has 0 bridgehead atoms. The first-order valence-electron chi connectivity index (χ1n) is 9.26. The third-order valence-electron chi connectivity index (χ3n) is 4.98. The van der Waals surface area contributed by atoms with Crippen LogP contribution in [0.5, 0.6) is 0 Å². The Hall–Kier alpha value is -2.64. The number of fused-ring (bicyclic) bond motifs is 1. The van der Waals surface area contributed by atoms with E-state index < -0.39 is 0 Å². The summed E-state index contributed by atoms with van der Waals surface area (Å²) >= 11 is 1.83. The first-order valence-corrected chi connectivity index (χ1v) is 10.1. The minimum absolute atomic E-state index is 0.480. The second kappa shape index (κ2) is 7.17. The van der Waals surface area contributed by atoms with Crippen LogP contribution in [0.2, 0.25) is 0 Å². The molecule has 0 N–H and O–H groups in total. The van der Waals surface area contributed by atoms with E-state index in [1.54, 1.807) is 4.80 Å². The van der Waals surface area contributed by atoms with E-state index in [0.29, 0.717) is 18.4 Å². The number of likely N-dealkylation sites (tertiary alicyclic amines) is 1. The van der Waals surface area contributed by atoms with Crippen molar-refractivity contribution in [3.05, 3.63) is 59.6 Å². The van der Waals surface area contributed by atoms with Crippen molar-refractivity contribution in [1.82, 2.24) is 30.1 Å². The highest BCUT2D eigenvalue weighted by molar-refractivity contribution is 7.18. The number of tetrazole rings is 1. The third-order valence-corrected chi connectivity index (χ3v) is 6.18. The molecule has 2 aromatic carbocycles.